The summed E-state index contributed by atoms with van der Waals surface area (Å²) in [7, 11) is 0. The summed E-state index contributed by atoms with van der Waals surface area (Å²) in [5.74, 6) is 0. The number of nitrogens with one attached hydrogen (secondary N) is 1. The van der Waals surface area contributed by atoms with Gasteiger partial charge in [-0.1, -0.05) is 6.20 Å². The van der Waals surface area contributed by atoms with Gasteiger partial charge in [0.2, 0.25) is 0 Å². The molecule has 0 aliphatic carbocycles. The molecule has 10 heavy (non-hydrogen) atoms. The quantitative estimate of drug-likeness (QED) is 0.730. The van der Waals surface area contributed by atoms with Crippen LogP contribution in [0.5, 0.6) is 0 Å². The Kier molecular flexibility index (Phi) is 2.17. The molecule has 0 spiro atoms. The Morgan fingerprint density at radius 1 is 1.50 bits per heavy atom. The van der Waals surface area contributed by atoms with Gasteiger partial charge in [-0.3, -0.25) is 4.98 Å². The van der Waals surface area contributed by atoms with E-state index in [2.05, 4.69) is 21.1 Å². The van der Waals surface area contributed by atoms with Crippen LogP contribution >= 0.6 is 0 Å². The molecular formula is C6H4N3W+. The van der Waals surface area contributed by atoms with Crippen LogP contribution in [0.1, 0.15) is 0 Å². The molecule has 0 aliphatic rings. The van der Waals surface area contributed by atoms with Crippen molar-refractivity contribution in [2.24, 2.45) is 0 Å². The molecule has 4 heteroatoms. The number of pyridine rings is 1. The van der Waals surface area contributed by atoms with Crippen molar-refractivity contribution in [3.8, 4) is 0 Å². The van der Waals surface area contributed by atoms with E-state index in [0.717, 1.165) is 11.2 Å². The third-order valence-corrected chi connectivity index (χ3v) is 1.14. The van der Waals surface area contributed by atoms with Crippen LogP contribution in [-0.2, 0) is 21.1 Å². The van der Waals surface area contributed by atoms with Crippen molar-refractivity contribution in [1.29, 1.82) is 0 Å². The van der Waals surface area contributed by atoms with Crippen molar-refractivity contribution >= 4 is 11.2 Å². The standard InChI is InChI=1S/C6H4N3.W/c1-2-5-6(7-3-1)9-4-8-5;/h1-2,4H,(H,7,8,9);/q-1;+2. The van der Waals surface area contributed by atoms with Crippen molar-refractivity contribution < 1.29 is 21.1 Å². The first-order valence-corrected chi connectivity index (χ1v) is 2.63. The van der Waals surface area contributed by atoms with Gasteiger partial charge in [0.05, 0.1) is 12.0 Å². The Morgan fingerprint density at radius 3 is 3.20 bits per heavy atom. The Balaban J connectivity index is 0.000000500. The second kappa shape index (κ2) is 2.93. The van der Waals surface area contributed by atoms with Gasteiger partial charge in [0.25, 0.3) is 0 Å². The van der Waals surface area contributed by atoms with Crippen molar-refractivity contribution in [3.63, 3.8) is 0 Å². The summed E-state index contributed by atoms with van der Waals surface area (Å²) in [5.41, 5.74) is 1.67. The number of rotatable bonds is 0. The fraction of sp³-hybridized carbons (Fsp3) is 0. The molecule has 0 aliphatic heterocycles. The first-order chi connectivity index (χ1) is 4.47. The van der Waals surface area contributed by atoms with Crippen LogP contribution in [0.3, 0.4) is 0 Å². The molecule has 0 unspecified atom stereocenters. The van der Waals surface area contributed by atoms with E-state index in [1.165, 1.54) is 0 Å². The monoisotopic (exact) mass is 302 g/mol. The summed E-state index contributed by atoms with van der Waals surface area (Å²) in [4.78, 5) is 10.7. The number of imidazole rings is 1. The van der Waals surface area contributed by atoms with Crippen LogP contribution in [0.15, 0.2) is 18.5 Å². The van der Waals surface area contributed by atoms with Crippen molar-refractivity contribution in [3.05, 3.63) is 24.7 Å². The largest absolute Gasteiger partial charge is 2.00 e. The van der Waals surface area contributed by atoms with Gasteiger partial charge < -0.3 is 9.97 Å². The van der Waals surface area contributed by atoms with E-state index >= 15 is 0 Å². The van der Waals surface area contributed by atoms with Crippen molar-refractivity contribution in [1.82, 2.24) is 15.0 Å². The van der Waals surface area contributed by atoms with E-state index in [4.69, 9.17) is 0 Å². The first kappa shape index (κ1) is 7.42. The predicted octanol–water partition coefficient (Wildman–Crippen LogP) is 0.756. The maximum absolute atomic E-state index is 3.92. The number of nitrogens with zero attached hydrogens (tertiary/aromatic N) is 2. The number of aromatic amines is 1. The zero-order chi connectivity index (χ0) is 6.10. The number of H-pyrrole nitrogens is 1. The molecule has 0 saturated carbocycles. The van der Waals surface area contributed by atoms with E-state index in [1.54, 1.807) is 12.4 Å². The topological polar surface area (TPSA) is 41.6 Å². The maximum atomic E-state index is 3.92. The molecule has 0 amide bonds. The van der Waals surface area contributed by atoms with Gasteiger partial charge in [0.1, 0.15) is 0 Å². The zero-order valence-electron chi connectivity index (χ0n) is 5.03. The molecule has 0 aromatic carbocycles. The third-order valence-electron chi connectivity index (χ3n) is 1.14. The van der Waals surface area contributed by atoms with Gasteiger partial charge in [-0.05, 0) is 5.52 Å². The van der Waals surface area contributed by atoms with Crippen LogP contribution in [0.25, 0.3) is 11.2 Å². The minimum absolute atomic E-state index is 0. The predicted molar refractivity (Wildman–Crippen MR) is 32.7 cm³/mol. The summed E-state index contributed by atoms with van der Waals surface area (Å²) >= 11 is 0. The summed E-state index contributed by atoms with van der Waals surface area (Å²) < 4.78 is 0. The Hall–Kier alpha value is -0.692. The van der Waals surface area contributed by atoms with Gasteiger partial charge in [0.15, 0.2) is 0 Å². The Labute approximate surface area is 72.1 Å². The molecule has 2 heterocycles. The minimum Gasteiger partial charge on any atom is -0.368 e. The van der Waals surface area contributed by atoms with Gasteiger partial charge in [0, 0.05) is 0 Å². The smallest absolute Gasteiger partial charge is 0.368 e. The zero-order valence-corrected chi connectivity index (χ0v) is 7.97. The number of aromatic nitrogens is 3. The number of hydrogen-bond acceptors (Lipinski definition) is 2. The molecule has 0 atom stereocenters. The Morgan fingerprint density at radius 2 is 2.40 bits per heavy atom. The van der Waals surface area contributed by atoms with E-state index in [0.29, 0.717) is 0 Å². The average molecular weight is 302 g/mol. The summed E-state index contributed by atoms with van der Waals surface area (Å²) in [5, 5.41) is 0. The van der Waals surface area contributed by atoms with Gasteiger partial charge in [-0.25, -0.2) is 0 Å². The second-order valence-electron chi connectivity index (χ2n) is 1.71. The van der Waals surface area contributed by atoms with Crippen molar-refractivity contribution in [2.75, 3.05) is 0 Å². The second-order valence-corrected chi connectivity index (χ2v) is 1.71. The molecule has 2 aromatic rings. The molecule has 3 nitrogen and oxygen atoms in total. The first-order valence-electron chi connectivity index (χ1n) is 2.63. The van der Waals surface area contributed by atoms with E-state index in [-0.39, 0.29) is 21.1 Å². The molecule has 0 saturated heterocycles. The third kappa shape index (κ3) is 1.09. The van der Waals surface area contributed by atoms with Crippen LogP contribution in [0.2, 0.25) is 0 Å². The number of hydrogen-bond donors (Lipinski definition) is 1. The molecule has 0 fully saturated rings. The van der Waals surface area contributed by atoms with Crippen LogP contribution < -0.4 is 0 Å². The fourth-order valence-electron chi connectivity index (χ4n) is 0.728. The molecular weight excluding hydrogens is 298 g/mol. The SMILES string of the molecule is [W+2].[c-]1ccc2[nH]cnc2n1. The number of fused-ring (bicyclic) bond motifs is 1. The van der Waals surface area contributed by atoms with Crippen molar-refractivity contribution in [2.45, 2.75) is 0 Å². The van der Waals surface area contributed by atoms with Crippen LogP contribution in [0, 0.1) is 6.20 Å². The molecule has 2 rings (SSSR count). The summed E-state index contributed by atoms with van der Waals surface area (Å²) in [6.07, 6.45) is 4.31. The fourth-order valence-corrected chi connectivity index (χ4v) is 0.728. The maximum Gasteiger partial charge on any atom is 2.00 e. The normalized spacial score (nSPS) is 9.20. The van der Waals surface area contributed by atoms with Gasteiger partial charge in [-0.15, -0.1) is 6.07 Å². The van der Waals surface area contributed by atoms with E-state index in [9.17, 15) is 0 Å². The van der Waals surface area contributed by atoms with Gasteiger partial charge >= 0.3 is 21.1 Å². The van der Waals surface area contributed by atoms with E-state index < -0.39 is 0 Å². The summed E-state index contributed by atoms with van der Waals surface area (Å²) in [6.45, 7) is 0. The van der Waals surface area contributed by atoms with E-state index in [1.807, 2.05) is 6.07 Å². The molecule has 2 aromatic heterocycles. The molecule has 48 valence electrons. The molecule has 1 N–H and O–H groups in total. The average Bonchev–Trinajstić information content (AvgIpc) is 2.33. The molecule has 0 radical (unpaired) electrons. The Bertz CT molecular complexity index is 287. The summed E-state index contributed by atoms with van der Waals surface area (Å²) in [6, 6.07) is 3.63. The minimum atomic E-state index is 0. The van der Waals surface area contributed by atoms with Crippen LogP contribution in [0.4, 0.5) is 0 Å². The van der Waals surface area contributed by atoms with Gasteiger partial charge in [-0.2, -0.15) is 6.07 Å². The molecule has 0 bridgehead atoms. The van der Waals surface area contributed by atoms with Crippen LogP contribution in [-0.4, -0.2) is 15.0 Å².